The van der Waals surface area contributed by atoms with E-state index in [9.17, 15) is 13.2 Å². The van der Waals surface area contributed by atoms with Gasteiger partial charge in [-0.15, -0.1) is 0 Å². The molecule has 0 fully saturated rings. The Hall–Kier alpha value is -2.06. The molecule has 0 bridgehead atoms. The number of hydrogen-bond donors (Lipinski definition) is 3. The predicted molar refractivity (Wildman–Crippen MR) is 76.3 cm³/mol. The van der Waals surface area contributed by atoms with Gasteiger partial charge in [0.15, 0.2) is 5.82 Å². The third-order valence-corrected chi connectivity index (χ3v) is 4.31. The van der Waals surface area contributed by atoms with Crippen LogP contribution in [0.2, 0.25) is 5.02 Å². The van der Waals surface area contributed by atoms with Crippen molar-refractivity contribution in [3.05, 3.63) is 45.2 Å². The second-order valence-corrected chi connectivity index (χ2v) is 6.12. The number of nitrogens with two attached hydrogens (primary N) is 1. The Kier molecular flexibility index (Phi) is 3.69. The average Bonchev–Trinajstić information content (AvgIpc) is 2.38. The quantitative estimate of drug-likeness (QED) is 0.733. The summed E-state index contributed by atoms with van der Waals surface area (Å²) in [5, 5.41) is 5.93. The van der Waals surface area contributed by atoms with Gasteiger partial charge in [0.25, 0.3) is 15.6 Å². The Balaban J connectivity index is 2.40. The maximum atomic E-state index is 12.1. The number of sulfonamides is 1. The number of aromatic amines is 1. The molecule has 0 spiro atoms. The zero-order chi connectivity index (χ0) is 14.9. The van der Waals surface area contributed by atoms with E-state index in [2.05, 4.69) is 14.9 Å². The smallest absolute Gasteiger partial charge is 0.264 e. The lowest BCUT2D eigenvalue weighted by Crippen LogP contribution is -2.16. The number of nitrogen functional groups attached to an aromatic ring is 1. The van der Waals surface area contributed by atoms with Crippen molar-refractivity contribution in [2.45, 2.75) is 11.8 Å². The summed E-state index contributed by atoms with van der Waals surface area (Å²) < 4.78 is 26.5. The minimum Gasteiger partial charge on any atom is -0.398 e. The molecule has 0 aliphatic heterocycles. The van der Waals surface area contributed by atoms with E-state index in [-0.39, 0.29) is 21.4 Å². The molecule has 0 amide bonds. The molecule has 1 aromatic heterocycles. The lowest BCUT2D eigenvalue weighted by atomic mass is 10.2. The maximum absolute atomic E-state index is 12.1. The summed E-state index contributed by atoms with van der Waals surface area (Å²) in [6.45, 7) is 1.69. The molecule has 0 aliphatic rings. The molecule has 7 nitrogen and oxygen atoms in total. The number of halogens is 1. The Morgan fingerprint density at radius 1 is 1.35 bits per heavy atom. The summed E-state index contributed by atoms with van der Waals surface area (Å²) in [6, 6.07) is 4.99. The van der Waals surface area contributed by atoms with Crippen LogP contribution in [-0.2, 0) is 10.0 Å². The fourth-order valence-electron chi connectivity index (χ4n) is 1.43. The van der Waals surface area contributed by atoms with Gasteiger partial charge in [-0.25, -0.2) is 13.5 Å². The van der Waals surface area contributed by atoms with Gasteiger partial charge >= 0.3 is 0 Å². The van der Waals surface area contributed by atoms with Gasteiger partial charge in [0.2, 0.25) is 0 Å². The minimum atomic E-state index is -3.89. The first kappa shape index (κ1) is 14.4. The fraction of sp³-hybridized carbons (Fsp3) is 0.0909. The van der Waals surface area contributed by atoms with E-state index >= 15 is 0 Å². The summed E-state index contributed by atoms with van der Waals surface area (Å²) in [7, 11) is -3.89. The Bertz CT molecular complexity index is 773. The van der Waals surface area contributed by atoms with E-state index in [1.54, 1.807) is 6.92 Å². The molecule has 0 unspecified atom stereocenters. The highest BCUT2D eigenvalue weighted by atomic mass is 35.5. The van der Waals surface area contributed by atoms with Crippen LogP contribution in [0.25, 0.3) is 0 Å². The number of aromatic nitrogens is 2. The Labute approximate surface area is 119 Å². The standard InChI is InChI=1S/C11H11ClN4O3S/c1-6-8(12)4-7(5-9(6)13)20(18,19)16-10-2-3-11(17)15-14-10/h2-5H,13H2,1H3,(H,14,16)(H,15,17). The van der Waals surface area contributed by atoms with Crippen LogP contribution in [0.5, 0.6) is 0 Å². The highest BCUT2D eigenvalue weighted by Crippen LogP contribution is 2.26. The number of hydrogen-bond acceptors (Lipinski definition) is 5. The molecule has 1 aromatic carbocycles. The predicted octanol–water partition coefficient (Wildman–Crippen LogP) is 1.11. The van der Waals surface area contributed by atoms with Crippen LogP contribution in [0.1, 0.15) is 5.56 Å². The molecule has 0 aliphatic carbocycles. The lowest BCUT2D eigenvalue weighted by Gasteiger charge is -2.10. The van der Waals surface area contributed by atoms with Crippen LogP contribution in [-0.4, -0.2) is 18.6 Å². The van der Waals surface area contributed by atoms with E-state index in [0.717, 1.165) is 6.07 Å². The summed E-state index contributed by atoms with van der Waals surface area (Å²) in [5.41, 5.74) is 6.13. The summed E-state index contributed by atoms with van der Waals surface area (Å²) in [6.07, 6.45) is 0. The van der Waals surface area contributed by atoms with Crippen molar-refractivity contribution in [2.75, 3.05) is 10.5 Å². The molecular weight excluding hydrogens is 304 g/mol. The molecule has 0 saturated heterocycles. The molecule has 2 rings (SSSR count). The summed E-state index contributed by atoms with van der Waals surface area (Å²) >= 11 is 5.91. The van der Waals surface area contributed by atoms with Crippen molar-refractivity contribution in [1.82, 2.24) is 10.2 Å². The van der Waals surface area contributed by atoms with Gasteiger partial charge in [-0.2, -0.15) is 5.10 Å². The normalized spacial score (nSPS) is 11.3. The average molecular weight is 315 g/mol. The monoisotopic (exact) mass is 314 g/mol. The van der Waals surface area contributed by atoms with Crippen molar-refractivity contribution in [3.8, 4) is 0 Å². The first-order chi connectivity index (χ1) is 9.29. The summed E-state index contributed by atoms with van der Waals surface area (Å²) in [5.74, 6) is -0.0140. The first-order valence-corrected chi connectivity index (χ1v) is 7.30. The summed E-state index contributed by atoms with van der Waals surface area (Å²) in [4.78, 5) is 10.8. The second kappa shape index (κ2) is 5.14. The van der Waals surface area contributed by atoms with Gasteiger partial charge < -0.3 is 5.73 Å². The number of benzene rings is 1. The third-order valence-electron chi connectivity index (χ3n) is 2.59. The number of anilines is 2. The molecule has 106 valence electrons. The molecule has 20 heavy (non-hydrogen) atoms. The van der Waals surface area contributed by atoms with E-state index in [1.807, 2.05) is 0 Å². The van der Waals surface area contributed by atoms with Crippen LogP contribution in [0.15, 0.2) is 34.0 Å². The van der Waals surface area contributed by atoms with Gasteiger partial charge in [0.05, 0.1) is 4.90 Å². The highest BCUT2D eigenvalue weighted by molar-refractivity contribution is 7.92. The maximum Gasteiger partial charge on any atom is 0.264 e. The van der Waals surface area contributed by atoms with Gasteiger partial charge in [-0.1, -0.05) is 11.6 Å². The molecule has 1 heterocycles. The number of nitrogens with one attached hydrogen (secondary N) is 2. The third kappa shape index (κ3) is 2.91. The van der Waals surface area contributed by atoms with Crippen molar-refractivity contribution in [3.63, 3.8) is 0 Å². The van der Waals surface area contributed by atoms with Crippen LogP contribution >= 0.6 is 11.6 Å². The van der Waals surface area contributed by atoms with Crippen molar-refractivity contribution in [2.24, 2.45) is 0 Å². The van der Waals surface area contributed by atoms with Crippen molar-refractivity contribution >= 4 is 33.1 Å². The molecule has 9 heteroatoms. The molecule has 0 saturated carbocycles. The van der Waals surface area contributed by atoms with Crippen molar-refractivity contribution in [1.29, 1.82) is 0 Å². The lowest BCUT2D eigenvalue weighted by molar-refractivity contribution is 0.601. The van der Waals surface area contributed by atoms with Crippen LogP contribution in [0, 0.1) is 6.92 Å². The molecule has 0 atom stereocenters. The van der Waals surface area contributed by atoms with E-state index in [4.69, 9.17) is 17.3 Å². The Morgan fingerprint density at radius 3 is 2.60 bits per heavy atom. The second-order valence-electron chi connectivity index (χ2n) is 4.03. The van der Waals surface area contributed by atoms with E-state index in [0.29, 0.717) is 5.56 Å². The zero-order valence-electron chi connectivity index (χ0n) is 10.3. The van der Waals surface area contributed by atoms with Gasteiger partial charge in [0, 0.05) is 16.8 Å². The van der Waals surface area contributed by atoms with Crippen molar-refractivity contribution < 1.29 is 8.42 Å². The first-order valence-electron chi connectivity index (χ1n) is 5.44. The minimum absolute atomic E-state index is 0.0140. The van der Waals surface area contributed by atoms with E-state index in [1.165, 1.54) is 18.2 Å². The molecule has 2 aromatic rings. The Morgan fingerprint density at radius 2 is 2.05 bits per heavy atom. The number of rotatable bonds is 3. The van der Waals surface area contributed by atoms with Crippen LogP contribution in [0.4, 0.5) is 11.5 Å². The van der Waals surface area contributed by atoms with E-state index < -0.39 is 15.6 Å². The number of H-pyrrole nitrogens is 1. The van der Waals surface area contributed by atoms with Gasteiger partial charge in [-0.05, 0) is 30.7 Å². The molecule has 0 radical (unpaired) electrons. The highest BCUT2D eigenvalue weighted by Gasteiger charge is 2.17. The van der Waals surface area contributed by atoms with Crippen LogP contribution < -0.4 is 16.0 Å². The van der Waals surface area contributed by atoms with Gasteiger partial charge in [-0.3, -0.25) is 9.52 Å². The number of nitrogens with zero attached hydrogens (tertiary/aromatic N) is 1. The largest absolute Gasteiger partial charge is 0.398 e. The molecule has 4 N–H and O–H groups in total. The zero-order valence-corrected chi connectivity index (χ0v) is 11.9. The topological polar surface area (TPSA) is 118 Å². The van der Waals surface area contributed by atoms with Gasteiger partial charge in [0.1, 0.15) is 0 Å². The molecular formula is C11H11ClN4O3S. The SMILES string of the molecule is Cc1c(N)cc(S(=O)(=O)Nc2ccc(=O)[nH]n2)cc1Cl. The van der Waals surface area contributed by atoms with Crippen LogP contribution in [0.3, 0.4) is 0 Å². The fourth-order valence-corrected chi connectivity index (χ4v) is 2.78.